The number of nitriles is 1. The first-order chi connectivity index (χ1) is 7.64. The minimum Gasteiger partial charge on any atom is -0.313 e. The Morgan fingerprint density at radius 1 is 1.06 bits per heavy atom. The van der Waals surface area contributed by atoms with E-state index in [2.05, 4.69) is 43.1 Å². The van der Waals surface area contributed by atoms with Crippen LogP contribution in [0.1, 0.15) is 34.6 Å². The van der Waals surface area contributed by atoms with Gasteiger partial charge in [-0.3, -0.25) is 0 Å². The lowest BCUT2D eigenvalue weighted by molar-refractivity contribution is 0.237. The Kier molecular flexibility index (Phi) is 8.78. The molecule has 0 fully saturated rings. The highest BCUT2D eigenvalue weighted by molar-refractivity contribution is 7.47. The van der Waals surface area contributed by atoms with Crippen LogP contribution < -0.4 is 0 Å². The molecule has 0 aromatic carbocycles. The van der Waals surface area contributed by atoms with Gasteiger partial charge in [0.1, 0.15) is 6.10 Å². The Labute approximate surface area is 101 Å². The molecule has 1 atom stereocenters. The van der Waals surface area contributed by atoms with Gasteiger partial charge in [0.05, 0.1) is 6.07 Å². The Bertz CT molecular complexity index is 200. The van der Waals surface area contributed by atoms with Gasteiger partial charge in [-0.05, 0) is 6.92 Å². The van der Waals surface area contributed by atoms with E-state index >= 15 is 0 Å². The van der Waals surface area contributed by atoms with Crippen molar-refractivity contribution in [3.63, 3.8) is 0 Å². The maximum atomic E-state index is 8.84. The lowest BCUT2D eigenvalue weighted by atomic mass is 10.5. The first kappa shape index (κ1) is 15.8. The van der Waals surface area contributed by atoms with E-state index in [1.807, 2.05) is 6.92 Å². The minimum absolute atomic E-state index is 0.340. The Morgan fingerprint density at radius 2 is 1.44 bits per heavy atom. The van der Waals surface area contributed by atoms with Crippen LogP contribution in [0.15, 0.2) is 0 Å². The van der Waals surface area contributed by atoms with E-state index < -0.39 is 8.45 Å². The summed E-state index contributed by atoms with van der Waals surface area (Å²) in [5, 5.41) is 8.84. The van der Waals surface area contributed by atoms with Crippen molar-refractivity contribution in [2.24, 2.45) is 0 Å². The average molecular weight is 245 g/mol. The quantitative estimate of drug-likeness (QED) is 0.616. The summed E-state index contributed by atoms with van der Waals surface area (Å²) in [5.74, 6) is 0. The van der Waals surface area contributed by atoms with E-state index in [1.165, 1.54) is 0 Å². The van der Waals surface area contributed by atoms with Crippen molar-refractivity contribution >= 4 is 8.45 Å². The van der Waals surface area contributed by atoms with Crippen molar-refractivity contribution in [3.05, 3.63) is 0 Å². The summed E-state index contributed by atoms with van der Waals surface area (Å²) in [4.78, 5) is 0. The van der Waals surface area contributed by atoms with Crippen molar-refractivity contribution in [2.75, 3.05) is 26.2 Å². The number of nitrogens with zero attached hydrogens (tertiary/aromatic N) is 3. The molecule has 0 aliphatic carbocycles. The van der Waals surface area contributed by atoms with Crippen LogP contribution in [0.2, 0.25) is 0 Å². The van der Waals surface area contributed by atoms with Gasteiger partial charge < -0.3 is 4.52 Å². The summed E-state index contributed by atoms with van der Waals surface area (Å²) < 4.78 is 10.4. The smallest absolute Gasteiger partial charge is 0.189 e. The fraction of sp³-hybridized carbons (Fsp3) is 0.909. The first-order valence-corrected chi connectivity index (χ1v) is 7.17. The second-order valence-corrected chi connectivity index (χ2v) is 5.25. The van der Waals surface area contributed by atoms with Gasteiger partial charge in [-0.2, -0.15) is 5.26 Å². The van der Waals surface area contributed by atoms with E-state index in [1.54, 1.807) is 0 Å². The highest BCUT2D eigenvalue weighted by atomic mass is 31.2. The summed E-state index contributed by atoms with van der Waals surface area (Å²) >= 11 is 0. The highest BCUT2D eigenvalue weighted by Gasteiger charge is 2.25. The van der Waals surface area contributed by atoms with Crippen LogP contribution in [0.4, 0.5) is 0 Å². The molecule has 0 bridgehead atoms. The van der Waals surface area contributed by atoms with Crippen LogP contribution in [0.25, 0.3) is 0 Å². The standard InChI is InChI=1S/C11H24N3OP/c1-6-13(7-2)16(14(8-3)9-4)15-11(5)10-12/h11H,6-9H2,1-5H3. The highest BCUT2D eigenvalue weighted by Crippen LogP contribution is 2.45. The maximum absolute atomic E-state index is 8.84. The molecular weight excluding hydrogens is 221 g/mol. The topological polar surface area (TPSA) is 39.5 Å². The molecule has 0 N–H and O–H groups in total. The molecule has 0 aromatic rings. The summed E-state index contributed by atoms with van der Waals surface area (Å²) in [5.41, 5.74) is 0. The Morgan fingerprint density at radius 3 is 1.69 bits per heavy atom. The largest absolute Gasteiger partial charge is 0.313 e. The second-order valence-electron chi connectivity index (χ2n) is 3.41. The van der Waals surface area contributed by atoms with Crippen molar-refractivity contribution in [3.8, 4) is 6.07 Å². The molecule has 0 aliphatic heterocycles. The SMILES string of the molecule is CCN(CC)P(OC(C)C#N)N(CC)CC. The molecular formula is C11H24N3OP. The van der Waals surface area contributed by atoms with Gasteiger partial charge in [0.2, 0.25) is 0 Å². The van der Waals surface area contributed by atoms with Crippen molar-refractivity contribution < 1.29 is 4.52 Å². The third kappa shape index (κ3) is 4.76. The zero-order chi connectivity index (χ0) is 12.6. The zero-order valence-electron chi connectivity index (χ0n) is 11.1. The number of rotatable bonds is 8. The number of hydrogen-bond donors (Lipinski definition) is 0. The van der Waals surface area contributed by atoms with Gasteiger partial charge >= 0.3 is 0 Å². The van der Waals surface area contributed by atoms with Crippen molar-refractivity contribution in [1.29, 1.82) is 5.26 Å². The predicted octanol–water partition coefficient (Wildman–Crippen LogP) is 2.83. The molecule has 0 saturated heterocycles. The van der Waals surface area contributed by atoms with Crippen LogP contribution in [0.5, 0.6) is 0 Å². The molecule has 1 unspecified atom stereocenters. The monoisotopic (exact) mass is 245 g/mol. The third-order valence-electron chi connectivity index (χ3n) is 2.38. The fourth-order valence-corrected chi connectivity index (χ4v) is 3.33. The van der Waals surface area contributed by atoms with E-state index in [-0.39, 0.29) is 6.10 Å². The molecule has 0 spiro atoms. The summed E-state index contributed by atoms with van der Waals surface area (Å²) in [6.45, 7) is 14.1. The van der Waals surface area contributed by atoms with Gasteiger partial charge in [-0.25, -0.2) is 9.34 Å². The molecule has 0 rings (SSSR count). The van der Waals surface area contributed by atoms with Crippen LogP contribution in [-0.2, 0) is 4.52 Å². The maximum Gasteiger partial charge on any atom is 0.189 e. The van der Waals surface area contributed by atoms with Gasteiger partial charge in [0.15, 0.2) is 8.45 Å². The Balaban J connectivity index is 4.66. The predicted molar refractivity (Wildman–Crippen MR) is 68.9 cm³/mol. The Hall–Kier alpha value is -0.200. The molecule has 0 heterocycles. The zero-order valence-corrected chi connectivity index (χ0v) is 12.0. The second kappa shape index (κ2) is 8.90. The molecule has 0 aliphatic rings. The molecule has 4 nitrogen and oxygen atoms in total. The first-order valence-electron chi connectivity index (χ1n) is 6.00. The summed E-state index contributed by atoms with van der Waals surface area (Å²) in [6, 6.07) is 2.14. The molecule has 16 heavy (non-hydrogen) atoms. The van der Waals surface area contributed by atoms with Gasteiger partial charge in [-0.15, -0.1) is 0 Å². The number of hydrogen-bond acceptors (Lipinski definition) is 4. The van der Waals surface area contributed by atoms with E-state index in [0.717, 1.165) is 26.2 Å². The normalized spacial score (nSPS) is 13.4. The van der Waals surface area contributed by atoms with E-state index in [4.69, 9.17) is 9.79 Å². The van der Waals surface area contributed by atoms with Gasteiger partial charge in [-0.1, -0.05) is 27.7 Å². The van der Waals surface area contributed by atoms with Crippen molar-refractivity contribution in [1.82, 2.24) is 9.34 Å². The average Bonchev–Trinajstić information content (AvgIpc) is 2.31. The summed E-state index contributed by atoms with van der Waals surface area (Å²) in [7, 11) is -0.789. The fourth-order valence-electron chi connectivity index (χ4n) is 1.41. The molecule has 0 amide bonds. The van der Waals surface area contributed by atoms with Crippen LogP contribution in [0, 0.1) is 11.3 Å². The molecule has 0 aromatic heterocycles. The third-order valence-corrected chi connectivity index (χ3v) is 4.98. The van der Waals surface area contributed by atoms with Crippen LogP contribution in [0.3, 0.4) is 0 Å². The lowest BCUT2D eigenvalue weighted by Crippen LogP contribution is -2.31. The molecule has 5 heteroatoms. The van der Waals surface area contributed by atoms with Gasteiger partial charge in [0.25, 0.3) is 0 Å². The molecule has 0 radical (unpaired) electrons. The van der Waals surface area contributed by atoms with Crippen molar-refractivity contribution in [2.45, 2.75) is 40.7 Å². The molecule has 94 valence electrons. The van der Waals surface area contributed by atoms with Crippen LogP contribution in [-0.4, -0.2) is 41.6 Å². The van der Waals surface area contributed by atoms with Crippen LogP contribution >= 0.6 is 8.45 Å². The van der Waals surface area contributed by atoms with E-state index in [9.17, 15) is 0 Å². The van der Waals surface area contributed by atoms with E-state index in [0.29, 0.717) is 0 Å². The minimum atomic E-state index is -0.789. The molecule has 0 saturated carbocycles. The lowest BCUT2D eigenvalue weighted by Gasteiger charge is -2.36. The van der Waals surface area contributed by atoms with Gasteiger partial charge in [0, 0.05) is 26.2 Å². The summed E-state index contributed by atoms with van der Waals surface area (Å²) in [6.07, 6.45) is -0.340.